The highest BCUT2D eigenvalue weighted by Crippen LogP contribution is 2.24. The molecular weight excluding hydrogens is 190 g/mol. The third-order valence-electron chi connectivity index (χ3n) is 3.52. The monoisotopic (exact) mass is 205 g/mol. The van der Waals surface area contributed by atoms with Crippen molar-refractivity contribution in [1.29, 1.82) is 0 Å². The minimum atomic E-state index is 0.0756. The molecule has 80 valence electrons. The summed E-state index contributed by atoms with van der Waals surface area (Å²) in [6.07, 6.45) is 4.13. The number of hydrogen-bond donors (Lipinski definition) is 1. The molecule has 0 aromatic carbocycles. The largest absolute Gasteiger partial charge is 0.339 e. The Bertz CT molecular complexity index is 452. The molecule has 0 unspecified atom stereocenters. The van der Waals surface area contributed by atoms with Crippen molar-refractivity contribution in [2.45, 2.75) is 38.6 Å². The zero-order valence-electron chi connectivity index (χ0n) is 8.92. The van der Waals surface area contributed by atoms with Gasteiger partial charge in [-0.3, -0.25) is 9.78 Å². The molecule has 1 atom stereocenters. The lowest BCUT2D eigenvalue weighted by Gasteiger charge is -2.39. The number of H-pyrrole nitrogens is 1. The zero-order chi connectivity index (χ0) is 10.4. The van der Waals surface area contributed by atoms with E-state index in [1.54, 1.807) is 0 Å². The van der Waals surface area contributed by atoms with Crippen molar-refractivity contribution in [3.05, 3.63) is 21.6 Å². The highest BCUT2D eigenvalue weighted by atomic mass is 16.1. The Morgan fingerprint density at radius 2 is 2.33 bits per heavy atom. The molecule has 1 aromatic rings. The average Bonchev–Trinajstić information content (AvgIpc) is 2.64. The second-order valence-electron chi connectivity index (χ2n) is 4.50. The Morgan fingerprint density at radius 1 is 1.47 bits per heavy atom. The van der Waals surface area contributed by atoms with Gasteiger partial charge in [-0.15, -0.1) is 0 Å². The Labute approximate surface area is 88.3 Å². The van der Waals surface area contributed by atoms with Gasteiger partial charge in [0.05, 0.1) is 5.69 Å². The van der Waals surface area contributed by atoms with Crippen molar-refractivity contribution in [3.8, 4) is 0 Å². The van der Waals surface area contributed by atoms with Crippen molar-refractivity contribution < 1.29 is 0 Å². The maximum atomic E-state index is 11.8. The van der Waals surface area contributed by atoms with E-state index in [2.05, 4.69) is 21.8 Å². The summed E-state index contributed by atoms with van der Waals surface area (Å²) >= 11 is 0. The molecule has 2 aliphatic rings. The standard InChI is InChI=1S/C11H15N3O/c1-7-5-6-14(7)11-12-9-4-2-3-8(9)10(15)13-11/h7H,2-6H2,1H3,(H,12,13,15)/t7-/m0/s1. The summed E-state index contributed by atoms with van der Waals surface area (Å²) < 4.78 is 0. The number of nitrogens with one attached hydrogen (secondary N) is 1. The van der Waals surface area contributed by atoms with Gasteiger partial charge in [0.2, 0.25) is 5.95 Å². The number of aromatic nitrogens is 2. The van der Waals surface area contributed by atoms with Crippen LogP contribution in [0.25, 0.3) is 0 Å². The first-order chi connectivity index (χ1) is 7.25. The Morgan fingerprint density at radius 3 is 3.00 bits per heavy atom. The van der Waals surface area contributed by atoms with E-state index < -0.39 is 0 Å². The zero-order valence-corrected chi connectivity index (χ0v) is 8.92. The van der Waals surface area contributed by atoms with Crippen molar-refractivity contribution in [2.75, 3.05) is 11.4 Å². The van der Waals surface area contributed by atoms with Crippen LogP contribution in [-0.2, 0) is 12.8 Å². The lowest BCUT2D eigenvalue weighted by molar-refractivity contribution is 0.469. The van der Waals surface area contributed by atoms with Crippen LogP contribution >= 0.6 is 0 Å². The topological polar surface area (TPSA) is 49.0 Å². The summed E-state index contributed by atoms with van der Waals surface area (Å²) in [7, 11) is 0. The fraction of sp³-hybridized carbons (Fsp3) is 0.636. The van der Waals surface area contributed by atoms with E-state index in [0.717, 1.165) is 43.0 Å². The van der Waals surface area contributed by atoms with E-state index in [-0.39, 0.29) is 5.56 Å². The normalized spacial score (nSPS) is 23.8. The van der Waals surface area contributed by atoms with Crippen LogP contribution in [0.15, 0.2) is 4.79 Å². The fourth-order valence-electron chi connectivity index (χ4n) is 2.40. The van der Waals surface area contributed by atoms with E-state index >= 15 is 0 Å². The van der Waals surface area contributed by atoms with Crippen LogP contribution in [0.1, 0.15) is 31.0 Å². The molecule has 0 radical (unpaired) electrons. The van der Waals surface area contributed by atoms with Gasteiger partial charge in [0.1, 0.15) is 0 Å². The van der Waals surface area contributed by atoms with Gasteiger partial charge in [0, 0.05) is 18.2 Å². The van der Waals surface area contributed by atoms with Gasteiger partial charge >= 0.3 is 0 Å². The van der Waals surface area contributed by atoms with E-state index in [4.69, 9.17) is 0 Å². The molecule has 15 heavy (non-hydrogen) atoms. The van der Waals surface area contributed by atoms with Crippen molar-refractivity contribution in [1.82, 2.24) is 9.97 Å². The molecule has 1 N–H and O–H groups in total. The summed E-state index contributed by atoms with van der Waals surface area (Å²) in [5.74, 6) is 0.777. The Balaban J connectivity index is 2.04. The van der Waals surface area contributed by atoms with Gasteiger partial charge < -0.3 is 4.90 Å². The average molecular weight is 205 g/mol. The van der Waals surface area contributed by atoms with Crippen molar-refractivity contribution in [3.63, 3.8) is 0 Å². The van der Waals surface area contributed by atoms with Gasteiger partial charge in [0.25, 0.3) is 5.56 Å². The van der Waals surface area contributed by atoms with E-state index in [0.29, 0.717) is 6.04 Å². The van der Waals surface area contributed by atoms with Crippen LogP contribution in [0, 0.1) is 0 Å². The molecule has 1 aromatic heterocycles. The van der Waals surface area contributed by atoms with Crippen molar-refractivity contribution >= 4 is 5.95 Å². The van der Waals surface area contributed by atoms with Crippen LogP contribution in [0.3, 0.4) is 0 Å². The molecule has 3 rings (SSSR count). The number of aryl methyl sites for hydroxylation is 1. The molecule has 1 aliphatic heterocycles. The molecule has 2 heterocycles. The van der Waals surface area contributed by atoms with Gasteiger partial charge in [0.15, 0.2) is 0 Å². The second-order valence-corrected chi connectivity index (χ2v) is 4.50. The predicted molar refractivity (Wildman–Crippen MR) is 58.3 cm³/mol. The van der Waals surface area contributed by atoms with Crippen LogP contribution in [0.5, 0.6) is 0 Å². The van der Waals surface area contributed by atoms with E-state index in [1.807, 2.05) is 0 Å². The summed E-state index contributed by atoms with van der Waals surface area (Å²) in [4.78, 5) is 21.4. The third-order valence-corrected chi connectivity index (χ3v) is 3.52. The Hall–Kier alpha value is -1.32. The first-order valence-corrected chi connectivity index (χ1v) is 5.64. The molecule has 1 saturated heterocycles. The minimum Gasteiger partial charge on any atom is -0.339 e. The highest BCUT2D eigenvalue weighted by Gasteiger charge is 2.27. The molecule has 0 bridgehead atoms. The first kappa shape index (κ1) is 8.95. The summed E-state index contributed by atoms with van der Waals surface area (Å²) in [6.45, 7) is 3.18. The molecule has 0 spiro atoms. The molecule has 0 amide bonds. The maximum Gasteiger partial charge on any atom is 0.255 e. The second kappa shape index (κ2) is 3.08. The summed E-state index contributed by atoms with van der Waals surface area (Å²) in [5.41, 5.74) is 2.01. The molecule has 0 saturated carbocycles. The molecular formula is C11H15N3O. The maximum absolute atomic E-state index is 11.8. The first-order valence-electron chi connectivity index (χ1n) is 5.64. The highest BCUT2D eigenvalue weighted by molar-refractivity contribution is 5.38. The lowest BCUT2D eigenvalue weighted by atomic mass is 10.1. The number of fused-ring (bicyclic) bond motifs is 1. The van der Waals surface area contributed by atoms with Crippen LogP contribution in [0.2, 0.25) is 0 Å². The molecule has 1 aliphatic carbocycles. The van der Waals surface area contributed by atoms with E-state index in [9.17, 15) is 4.79 Å². The Kier molecular flexibility index (Phi) is 1.84. The van der Waals surface area contributed by atoms with Crippen LogP contribution < -0.4 is 10.5 Å². The minimum absolute atomic E-state index is 0.0756. The number of nitrogens with zero attached hydrogens (tertiary/aromatic N) is 2. The molecule has 1 fully saturated rings. The van der Waals surface area contributed by atoms with E-state index in [1.165, 1.54) is 6.42 Å². The smallest absolute Gasteiger partial charge is 0.255 e. The number of anilines is 1. The molecule has 4 heteroatoms. The summed E-state index contributed by atoms with van der Waals surface area (Å²) in [6, 6.07) is 0.521. The van der Waals surface area contributed by atoms with Gasteiger partial charge in [-0.05, 0) is 32.6 Å². The van der Waals surface area contributed by atoms with Crippen LogP contribution in [-0.4, -0.2) is 22.6 Å². The molecule has 4 nitrogen and oxygen atoms in total. The fourth-order valence-corrected chi connectivity index (χ4v) is 2.40. The number of rotatable bonds is 1. The lowest BCUT2D eigenvalue weighted by Crippen LogP contribution is -2.47. The third kappa shape index (κ3) is 1.28. The summed E-state index contributed by atoms with van der Waals surface area (Å²) in [5, 5.41) is 0. The number of hydrogen-bond acceptors (Lipinski definition) is 3. The van der Waals surface area contributed by atoms with Gasteiger partial charge in [-0.1, -0.05) is 0 Å². The number of aromatic amines is 1. The van der Waals surface area contributed by atoms with Gasteiger partial charge in [-0.25, -0.2) is 4.98 Å². The van der Waals surface area contributed by atoms with Gasteiger partial charge in [-0.2, -0.15) is 0 Å². The van der Waals surface area contributed by atoms with Crippen LogP contribution in [0.4, 0.5) is 5.95 Å². The predicted octanol–water partition coefficient (Wildman–Crippen LogP) is 0.857. The SMILES string of the molecule is C[C@H]1CCN1c1nc2c(c(=O)[nH]1)CCC2. The van der Waals surface area contributed by atoms with Crippen molar-refractivity contribution in [2.24, 2.45) is 0 Å². The quantitative estimate of drug-likeness (QED) is 0.739.